The van der Waals surface area contributed by atoms with Gasteiger partial charge in [-0.15, -0.1) is 0 Å². The van der Waals surface area contributed by atoms with Crippen molar-refractivity contribution in [2.75, 3.05) is 0 Å². The normalized spacial score (nSPS) is 10.5. The Morgan fingerprint density at radius 3 is 2.43 bits per heavy atom. The predicted molar refractivity (Wildman–Crippen MR) is 100 cm³/mol. The number of imidazole rings is 1. The molecule has 0 aliphatic heterocycles. The molecule has 0 spiro atoms. The molecule has 1 aromatic carbocycles. The minimum absolute atomic E-state index is 0.851. The van der Waals surface area contributed by atoms with Crippen molar-refractivity contribution in [3.8, 4) is 0 Å². The molecular formula is C19H25N3S. The maximum Gasteiger partial charge on any atom is 0.169 e. The molecule has 0 bridgehead atoms. The van der Waals surface area contributed by atoms with E-state index in [1.54, 1.807) is 11.8 Å². The molecule has 0 amide bonds. The molecule has 0 aliphatic carbocycles. The van der Waals surface area contributed by atoms with Crippen LogP contribution in [0.1, 0.15) is 36.2 Å². The molecular weight excluding hydrogens is 302 g/mol. The SMILES string of the molecule is CC.Cc1cnc(CSc2nc3ccccc3n2C)c(C)c1C. The van der Waals surface area contributed by atoms with Gasteiger partial charge < -0.3 is 4.57 Å². The minimum atomic E-state index is 0.851. The number of hydrogen-bond acceptors (Lipinski definition) is 3. The Hall–Kier alpha value is -1.81. The summed E-state index contributed by atoms with van der Waals surface area (Å²) < 4.78 is 2.15. The van der Waals surface area contributed by atoms with Crippen LogP contribution in [-0.2, 0) is 12.8 Å². The number of aryl methyl sites for hydroxylation is 2. The van der Waals surface area contributed by atoms with E-state index in [1.165, 1.54) is 22.2 Å². The van der Waals surface area contributed by atoms with Crippen LogP contribution in [-0.4, -0.2) is 14.5 Å². The number of rotatable bonds is 3. The lowest BCUT2D eigenvalue weighted by Gasteiger charge is -2.09. The van der Waals surface area contributed by atoms with Gasteiger partial charge in [0.2, 0.25) is 0 Å². The first kappa shape index (κ1) is 17.5. The smallest absolute Gasteiger partial charge is 0.169 e. The highest BCUT2D eigenvalue weighted by molar-refractivity contribution is 7.98. The van der Waals surface area contributed by atoms with E-state index in [4.69, 9.17) is 4.98 Å². The van der Waals surface area contributed by atoms with Gasteiger partial charge in [0.25, 0.3) is 0 Å². The Morgan fingerprint density at radius 1 is 1.04 bits per heavy atom. The van der Waals surface area contributed by atoms with Crippen LogP contribution in [0, 0.1) is 20.8 Å². The summed E-state index contributed by atoms with van der Waals surface area (Å²) in [5.41, 5.74) is 7.25. The zero-order valence-corrected chi connectivity index (χ0v) is 15.7. The van der Waals surface area contributed by atoms with Crippen molar-refractivity contribution >= 4 is 22.8 Å². The summed E-state index contributed by atoms with van der Waals surface area (Å²) in [4.78, 5) is 9.27. The lowest BCUT2D eigenvalue weighted by molar-refractivity contribution is 0.814. The Labute approximate surface area is 143 Å². The van der Waals surface area contributed by atoms with Crippen molar-refractivity contribution in [3.05, 3.63) is 52.8 Å². The molecule has 0 unspecified atom stereocenters. The molecule has 0 atom stereocenters. The van der Waals surface area contributed by atoms with E-state index >= 15 is 0 Å². The van der Waals surface area contributed by atoms with Crippen molar-refractivity contribution in [3.63, 3.8) is 0 Å². The predicted octanol–water partition coefficient (Wildman–Crippen LogP) is 5.21. The number of fused-ring (bicyclic) bond motifs is 1. The number of para-hydroxylation sites is 2. The molecule has 2 aromatic heterocycles. The minimum Gasteiger partial charge on any atom is -0.322 e. The lowest BCUT2D eigenvalue weighted by atomic mass is 10.1. The topological polar surface area (TPSA) is 30.7 Å². The van der Waals surface area contributed by atoms with Gasteiger partial charge in [0.15, 0.2) is 5.16 Å². The molecule has 0 radical (unpaired) electrons. The van der Waals surface area contributed by atoms with Gasteiger partial charge in [-0.1, -0.05) is 37.7 Å². The molecule has 4 heteroatoms. The first-order valence-corrected chi connectivity index (χ1v) is 9.02. The monoisotopic (exact) mass is 327 g/mol. The van der Waals surface area contributed by atoms with E-state index in [1.807, 2.05) is 32.2 Å². The highest BCUT2D eigenvalue weighted by atomic mass is 32.2. The van der Waals surface area contributed by atoms with E-state index in [0.717, 1.165) is 22.1 Å². The van der Waals surface area contributed by atoms with Crippen LogP contribution in [0.5, 0.6) is 0 Å². The molecule has 3 rings (SSSR count). The molecule has 23 heavy (non-hydrogen) atoms. The molecule has 3 aromatic rings. The third kappa shape index (κ3) is 3.58. The zero-order chi connectivity index (χ0) is 17.0. The number of thioether (sulfide) groups is 1. The maximum absolute atomic E-state index is 4.70. The van der Waals surface area contributed by atoms with Crippen LogP contribution >= 0.6 is 11.8 Å². The summed E-state index contributed by atoms with van der Waals surface area (Å²) in [5.74, 6) is 0.851. The second kappa shape index (κ2) is 7.64. The van der Waals surface area contributed by atoms with Gasteiger partial charge in [-0.25, -0.2) is 4.98 Å². The van der Waals surface area contributed by atoms with Gasteiger partial charge in [-0.3, -0.25) is 4.98 Å². The Bertz CT molecular complexity index is 806. The average Bonchev–Trinajstić information content (AvgIpc) is 2.90. The van der Waals surface area contributed by atoms with Crippen molar-refractivity contribution in [1.29, 1.82) is 0 Å². The molecule has 0 saturated heterocycles. The fourth-order valence-corrected chi connectivity index (χ4v) is 3.42. The van der Waals surface area contributed by atoms with Crippen LogP contribution in [0.25, 0.3) is 11.0 Å². The molecule has 2 heterocycles. The summed E-state index contributed by atoms with van der Waals surface area (Å²) >= 11 is 1.74. The number of benzene rings is 1. The maximum atomic E-state index is 4.70. The Balaban J connectivity index is 0.000000924. The van der Waals surface area contributed by atoms with E-state index in [-0.39, 0.29) is 0 Å². The van der Waals surface area contributed by atoms with E-state index in [2.05, 4.69) is 49.5 Å². The Kier molecular flexibility index (Phi) is 5.83. The number of pyridine rings is 1. The molecule has 122 valence electrons. The van der Waals surface area contributed by atoms with Crippen LogP contribution < -0.4 is 0 Å². The fourth-order valence-electron chi connectivity index (χ4n) is 2.41. The summed E-state index contributed by atoms with van der Waals surface area (Å²) in [5, 5.41) is 1.04. The quantitative estimate of drug-likeness (QED) is 0.619. The van der Waals surface area contributed by atoms with E-state index in [9.17, 15) is 0 Å². The van der Waals surface area contributed by atoms with Crippen molar-refractivity contribution in [2.24, 2.45) is 7.05 Å². The molecule has 0 aliphatic rings. The van der Waals surface area contributed by atoms with Gasteiger partial charge in [-0.2, -0.15) is 0 Å². The number of hydrogen-bond donors (Lipinski definition) is 0. The average molecular weight is 327 g/mol. The van der Waals surface area contributed by atoms with Crippen molar-refractivity contribution < 1.29 is 0 Å². The first-order chi connectivity index (χ1) is 11.1. The van der Waals surface area contributed by atoms with Crippen LogP contribution in [0.3, 0.4) is 0 Å². The second-order valence-electron chi connectivity index (χ2n) is 5.37. The molecule has 0 fully saturated rings. The van der Waals surface area contributed by atoms with Gasteiger partial charge in [0.1, 0.15) is 0 Å². The second-order valence-corrected chi connectivity index (χ2v) is 6.31. The third-order valence-corrected chi connectivity index (χ3v) is 5.13. The van der Waals surface area contributed by atoms with Gasteiger partial charge in [0, 0.05) is 19.0 Å². The summed E-state index contributed by atoms with van der Waals surface area (Å²) in [6.45, 7) is 10.4. The summed E-state index contributed by atoms with van der Waals surface area (Å²) in [6, 6.07) is 8.23. The van der Waals surface area contributed by atoms with Crippen LogP contribution in [0.2, 0.25) is 0 Å². The first-order valence-electron chi connectivity index (χ1n) is 8.04. The molecule has 0 saturated carbocycles. The van der Waals surface area contributed by atoms with Crippen molar-refractivity contribution in [1.82, 2.24) is 14.5 Å². The van der Waals surface area contributed by atoms with E-state index in [0.29, 0.717) is 0 Å². The summed E-state index contributed by atoms with van der Waals surface area (Å²) in [6.07, 6.45) is 1.97. The number of aromatic nitrogens is 3. The highest BCUT2D eigenvalue weighted by Crippen LogP contribution is 2.27. The largest absolute Gasteiger partial charge is 0.322 e. The Morgan fingerprint density at radius 2 is 1.74 bits per heavy atom. The summed E-state index contributed by atoms with van der Waals surface area (Å²) in [7, 11) is 2.07. The van der Waals surface area contributed by atoms with E-state index < -0.39 is 0 Å². The van der Waals surface area contributed by atoms with Gasteiger partial charge in [-0.05, 0) is 49.6 Å². The zero-order valence-electron chi connectivity index (χ0n) is 14.8. The van der Waals surface area contributed by atoms with Crippen molar-refractivity contribution in [2.45, 2.75) is 45.5 Å². The molecule has 0 N–H and O–H groups in total. The highest BCUT2D eigenvalue weighted by Gasteiger charge is 2.10. The van der Waals surface area contributed by atoms with Crippen LogP contribution in [0.4, 0.5) is 0 Å². The standard InChI is InChI=1S/C17H19N3S.C2H6/c1-11-9-18-15(13(3)12(11)2)10-21-17-19-14-7-5-6-8-16(14)20(17)4;1-2/h5-9H,10H2,1-4H3;1-2H3. The van der Waals surface area contributed by atoms with Gasteiger partial charge >= 0.3 is 0 Å². The molecule has 3 nitrogen and oxygen atoms in total. The van der Waals surface area contributed by atoms with Gasteiger partial charge in [0.05, 0.1) is 16.7 Å². The fraction of sp³-hybridized carbons (Fsp3) is 0.368. The third-order valence-electron chi connectivity index (χ3n) is 4.09. The van der Waals surface area contributed by atoms with Crippen LogP contribution in [0.15, 0.2) is 35.6 Å². The number of nitrogens with zero attached hydrogens (tertiary/aromatic N) is 3. The lowest BCUT2D eigenvalue weighted by Crippen LogP contribution is -1.98.